The molecule has 0 unspecified atom stereocenters. The first-order valence-corrected chi connectivity index (χ1v) is 5.20. The number of hydrogen-bond acceptors (Lipinski definition) is 2. The van der Waals surface area contributed by atoms with Crippen LogP contribution in [0, 0.1) is 0 Å². The first kappa shape index (κ1) is 8.24. The van der Waals surface area contributed by atoms with E-state index in [1.165, 1.54) is 24.1 Å². The van der Waals surface area contributed by atoms with Crippen molar-refractivity contribution in [1.82, 2.24) is 9.88 Å². The van der Waals surface area contributed by atoms with Crippen LogP contribution >= 0.6 is 0 Å². The van der Waals surface area contributed by atoms with E-state index >= 15 is 0 Å². The topological polar surface area (TPSA) is 36.1 Å². The average Bonchev–Trinajstić information content (AvgIpc) is 2.44. The maximum absolute atomic E-state index is 11.2. The van der Waals surface area contributed by atoms with Crippen LogP contribution in [-0.2, 0) is 6.42 Å². The number of nitrogens with zero attached hydrogens (tertiary/aromatic N) is 1. The van der Waals surface area contributed by atoms with Gasteiger partial charge in [-0.25, -0.2) is 0 Å². The molecule has 1 saturated heterocycles. The summed E-state index contributed by atoms with van der Waals surface area (Å²) in [6, 6.07) is 4.83. The van der Waals surface area contributed by atoms with Gasteiger partial charge in [-0.15, -0.1) is 0 Å². The van der Waals surface area contributed by atoms with Gasteiger partial charge in [0.2, 0.25) is 5.56 Å². The van der Waals surface area contributed by atoms with E-state index in [1.54, 1.807) is 6.07 Å². The van der Waals surface area contributed by atoms with Crippen LogP contribution in [-0.4, -0.2) is 23.0 Å². The van der Waals surface area contributed by atoms with Gasteiger partial charge >= 0.3 is 0 Å². The molecule has 3 rings (SSSR count). The first-order valence-electron chi connectivity index (χ1n) is 5.20. The van der Waals surface area contributed by atoms with Crippen LogP contribution in [0.5, 0.6) is 0 Å². The van der Waals surface area contributed by atoms with Gasteiger partial charge in [0, 0.05) is 30.3 Å². The highest BCUT2D eigenvalue weighted by molar-refractivity contribution is 5.29. The summed E-state index contributed by atoms with van der Waals surface area (Å²) in [6.45, 7) is 0. The molecule has 2 atom stereocenters. The van der Waals surface area contributed by atoms with E-state index in [-0.39, 0.29) is 5.56 Å². The largest absolute Gasteiger partial charge is 0.326 e. The molecule has 74 valence electrons. The van der Waals surface area contributed by atoms with Crippen LogP contribution in [0.3, 0.4) is 0 Å². The number of rotatable bonds is 0. The van der Waals surface area contributed by atoms with E-state index in [4.69, 9.17) is 0 Å². The highest BCUT2D eigenvalue weighted by Gasteiger charge is 2.37. The van der Waals surface area contributed by atoms with E-state index in [2.05, 4.69) is 16.9 Å². The minimum Gasteiger partial charge on any atom is -0.326 e. The number of hydrogen-bond donors (Lipinski definition) is 1. The maximum Gasteiger partial charge on any atom is 0.248 e. The molecule has 0 spiro atoms. The van der Waals surface area contributed by atoms with Gasteiger partial charge in [-0.2, -0.15) is 0 Å². The van der Waals surface area contributed by atoms with E-state index in [0.29, 0.717) is 12.1 Å². The summed E-state index contributed by atoms with van der Waals surface area (Å²) in [5.74, 6) is 0. The quantitative estimate of drug-likeness (QED) is 0.664. The summed E-state index contributed by atoms with van der Waals surface area (Å²) < 4.78 is 0. The Morgan fingerprint density at radius 1 is 1.43 bits per heavy atom. The van der Waals surface area contributed by atoms with Crippen LogP contribution < -0.4 is 5.56 Å². The maximum atomic E-state index is 11.2. The number of nitrogens with one attached hydrogen (secondary N) is 1. The van der Waals surface area contributed by atoms with Crippen LogP contribution in [0.15, 0.2) is 16.9 Å². The van der Waals surface area contributed by atoms with Crippen molar-refractivity contribution in [2.45, 2.75) is 31.3 Å². The van der Waals surface area contributed by atoms with Crippen LogP contribution in [0.1, 0.15) is 30.1 Å². The number of aromatic amines is 1. The number of H-pyrrole nitrogens is 1. The normalized spacial score (nSPS) is 30.4. The predicted molar refractivity (Wildman–Crippen MR) is 54.3 cm³/mol. The fourth-order valence-electron chi connectivity index (χ4n) is 2.88. The van der Waals surface area contributed by atoms with Gasteiger partial charge < -0.3 is 4.98 Å². The summed E-state index contributed by atoms with van der Waals surface area (Å²) >= 11 is 0. The molecule has 3 heterocycles. The van der Waals surface area contributed by atoms with Crippen LogP contribution in [0.25, 0.3) is 0 Å². The van der Waals surface area contributed by atoms with Crippen molar-refractivity contribution in [3.8, 4) is 0 Å². The van der Waals surface area contributed by atoms with Crippen LogP contribution in [0.4, 0.5) is 0 Å². The molecule has 0 aliphatic carbocycles. The van der Waals surface area contributed by atoms with Gasteiger partial charge in [0.05, 0.1) is 0 Å². The minimum absolute atomic E-state index is 0.0349. The second kappa shape index (κ2) is 2.70. The zero-order valence-corrected chi connectivity index (χ0v) is 8.29. The summed E-state index contributed by atoms with van der Waals surface area (Å²) in [6.07, 6.45) is 3.51. The standard InChI is InChI=1S/C11H14N2O/c1-13-7-2-4-10(13)8-3-5-11(14)12-9(8)6-7/h3,5,7,10H,2,4,6H2,1H3,(H,12,14)/t7-,10-/m1/s1. The number of aromatic nitrogens is 1. The Morgan fingerprint density at radius 3 is 3.14 bits per heavy atom. The molecule has 2 aliphatic heterocycles. The second-order valence-electron chi connectivity index (χ2n) is 4.37. The van der Waals surface area contributed by atoms with E-state index in [1.807, 2.05) is 6.07 Å². The van der Waals surface area contributed by atoms with Gasteiger partial charge in [-0.1, -0.05) is 6.07 Å². The van der Waals surface area contributed by atoms with Gasteiger partial charge in [-0.05, 0) is 25.5 Å². The van der Waals surface area contributed by atoms with Crippen molar-refractivity contribution in [3.63, 3.8) is 0 Å². The Morgan fingerprint density at radius 2 is 2.29 bits per heavy atom. The van der Waals surface area contributed by atoms with E-state index in [0.717, 1.165) is 6.42 Å². The zero-order valence-electron chi connectivity index (χ0n) is 8.29. The fourth-order valence-corrected chi connectivity index (χ4v) is 2.88. The van der Waals surface area contributed by atoms with Gasteiger partial charge in [-0.3, -0.25) is 9.69 Å². The molecule has 1 N–H and O–H groups in total. The zero-order chi connectivity index (χ0) is 9.71. The molecule has 1 aromatic heterocycles. The summed E-state index contributed by atoms with van der Waals surface area (Å²) in [4.78, 5) is 16.6. The summed E-state index contributed by atoms with van der Waals surface area (Å²) in [7, 11) is 2.19. The van der Waals surface area contributed by atoms with Gasteiger partial charge in [0.15, 0.2) is 0 Å². The Hall–Kier alpha value is -1.09. The minimum atomic E-state index is 0.0349. The lowest BCUT2D eigenvalue weighted by molar-refractivity contribution is 0.222. The Balaban J connectivity index is 2.16. The monoisotopic (exact) mass is 190 g/mol. The van der Waals surface area contributed by atoms with Crippen molar-refractivity contribution in [2.75, 3.05) is 7.05 Å². The first-order chi connectivity index (χ1) is 6.75. The van der Waals surface area contributed by atoms with Crippen molar-refractivity contribution >= 4 is 0 Å². The van der Waals surface area contributed by atoms with Gasteiger partial charge in [0.25, 0.3) is 0 Å². The molecule has 0 aromatic carbocycles. The molecule has 1 aromatic rings. The molecule has 2 bridgehead atoms. The average molecular weight is 190 g/mol. The molecular formula is C11H14N2O. The molecular weight excluding hydrogens is 176 g/mol. The lowest BCUT2D eigenvalue weighted by atomic mass is 9.99. The number of likely N-dealkylation sites (N-methyl/N-ethyl adjacent to an activating group) is 1. The summed E-state index contributed by atoms with van der Waals surface area (Å²) in [5.41, 5.74) is 2.54. The Kier molecular flexibility index (Phi) is 1.59. The molecule has 0 saturated carbocycles. The second-order valence-corrected chi connectivity index (χ2v) is 4.37. The van der Waals surface area contributed by atoms with Crippen molar-refractivity contribution in [2.24, 2.45) is 0 Å². The Bertz CT molecular complexity index is 424. The third-order valence-electron chi connectivity index (χ3n) is 3.68. The fraction of sp³-hybridized carbons (Fsp3) is 0.545. The van der Waals surface area contributed by atoms with Crippen LogP contribution in [0.2, 0.25) is 0 Å². The molecule has 2 aliphatic rings. The predicted octanol–water partition coefficient (Wildman–Crippen LogP) is 1.07. The van der Waals surface area contributed by atoms with E-state index < -0.39 is 0 Å². The molecule has 0 radical (unpaired) electrons. The van der Waals surface area contributed by atoms with Crippen molar-refractivity contribution in [3.05, 3.63) is 33.7 Å². The Labute approximate surface area is 82.8 Å². The third-order valence-corrected chi connectivity index (χ3v) is 3.68. The SMILES string of the molecule is CN1[C@@H]2CC[C@@H]1c1ccc(=O)[nH]c1C2. The highest BCUT2D eigenvalue weighted by Crippen LogP contribution is 2.41. The lowest BCUT2D eigenvalue weighted by Crippen LogP contribution is -2.35. The molecule has 1 fully saturated rings. The van der Waals surface area contributed by atoms with E-state index in [9.17, 15) is 4.79 Å². The smallest absolute Gasteiger partial charge is 0.248 e. The molecule has 14 heavy (non-hydrogen) atoms. The number of fused-ring (bicyclic) bond motifs is 4. The van der Waals surface area contributed by atoms with Crippen molar-refractivity contribution in [1.29, 1.82) is 0 Å². The highest BCUT2D eigenvalue weighted by atomic mass is 16.1. The molecule has 0 amide bonds. The third kappa shape index (κ3) is 0.989. The summed E-state index contributed by atoms with van der Waals surface area (Å²) in [5, 5.41) is 0. The lowest BCUT2D eigenvalue weighted by Gasteiger charge is -2.32. The molecule has 3 nitrogen and oxygen atoms in total. The van der Waals surface area contributed by atoms with Gasteiger partial charge in [0.1, 0.15) is 0 Å². The molecule has 3 heteroatoms. The number of pyridine rings is 1. The van der Waals surface area contributed by atoms with Crippen molar-refractivity contribution < 1.29 is 0 Å².